The Morgan fingerprint density at radius 2 is 2.19 bits per heavy atom. The van der Waals surface area contributed by atoms with E-state index in [-0.39, 0.29) is 11.8 Å². The van der Waals surface area contributed by atoms with Crippen LogP contribution < -0.4 is 10.6 Å². The van der Waals surface area contributed by atoms with Crippen molar-refractivity contribution in [2.24, 2.45) is 5.92 Å². The molecule has 0 unspecified atom stereocenters. The van der Waals surface area contributed by atoms with E-state index >= 15 is 0 Å². The molecule has 0 spiro atoms. The molecule has 0 aliphatic heterocycles. The van der Waals surface area contributed by atoms with Crippen molar-refractivity contribution in [3.63, 3.8) is 0 Å². The van der Waals surface area contributed by atoms with Crippen molar-refractivity contribution in [1.29, 1.82) is 0 Å². The van der Waals surface area contributed by atoms with Gasteiger partial charge in [-0.25, -0.2) is 0 Å². The number of rotatable bonds is 5. The predicted molar refractivity (Wildman–Crippen MR) is 78.9 cm³/mol. The van der Waals surface area contributed by atoms with Gasteiger partial charge < -0.3 is 15.2 Å². The fourth-order valence-electron chi connectivity index (χ4n) is 2.06. The number of benzene rings is 1. The van der Waals surface area contributed by atoms with Crippen LogP contribution in [0.2, 0.25) is 0 Å². The molecule has 1 saturated carbocycles. The van der Waals surface area contributed by atoms with Crippen LogP contribution in [0, 0.1) is 19.8 Å². The van der Waals surface area contributed by atoms with E-state index in [0.29, 0.717) is 18.3 Å². The summed E-state index contributed by atoms with van der Waals surface area (Å²) in [4.78, 5) is 15.9. The summed E-state index contributed by atoms with van der Waals surface area (Å²) in [5.74, 6) is 1.47. The Morgan fingerprint density at radius 1 is 1.38 bits per heavy atom. The highest BCUT2D eigenvalue weighted by Gasteiger charge is 2.29. The minimum absolute atomic E-state index is 0.109. The highest BCUT2D eigenvalue weighted by Crippen LogP contribution is 2.30. The van der Waals surface area contributed by atoms with Gasteiger partial charge >= 0.3 is 0 Å². The second-order valence-electron chi connectivity index (χ2n) is 5.38. The van der Waals surface area contributed by atoms with Crippen molar-refractivity contribution in [1.82, 2.24) is 10.1 Å². The highest BCUT2D eigenvalue weighted by atomic mass is 16.5. The Bertz CT molecular complexity index is 661. The van der Waals surface area contributed by atoms with Gasteiger partial charge in [0.05, 0.1) is 6.54 Å². The summed E-state index contributed by atoms with van der Waals surface area (Å²) in [5.41, 5.74) is 2.84. The third-order valence-electron chi connectivity index (χ3n) is 3.45. The third kappa shape index (κ3) is 3.39. The molecule has 1 aliphatic rings. The van der Waals surface area contributed by atoms with Crippen molar-refractivity contribution < 1.29 is 9.32 Å². The van der Waals surface area contributed by atoms with Crippen molar-refractivity contribution in [3.05, 3.63) is 35.5 Å². The maximum absolute atomic E-state index is 11.8. The highest BCUT2D eigenvalue weighted by molar-refractivity contribution is 5.94. The molecule has 1 amide bonds. The number of carbonyl (C=O) groups excluding carboxylic acids is 1. The Balaban J connectivity index is 1.67. The first-order chi connectivity index (χ1) is 10.1. The van der Waals surface area contributed by atoms with Gasteiger partial charge in [0.25, 0.3) is 0 Å². The first kappa shape index (κ1) is 13.6. The molecule has 1 aromatic heterocycles. The zero-order valence-electron chi connectivity index (χ0n) is 12.1. The van der Waals surface area contributed by atoms with Gasteiger partial charge in [-0.1, -0.05) is 11.2 Å². The topological polar surface area (TPSA) is 80.0 Å². The first-order valence-corrected chi connectivity index (χ1v) is 7.06. The molecular formula is C15H18N4O2. The van der Waals surface area contributed by atoms with E-state index in [9.17, 15) is 4.79 Å². The van der Waals surface area contributed by atoms with Crippen LogP contribution in [0.1, 0.15) is 30.1 Å². The number of aromatic nitrogens is 2. The molecule has 2 aromatic rings. The molecule has 0 bridgehead atoms. The number of anilines is 2. The molecule has 21 heavy (non-hydrogen) atoms. The molecule has 1 aliphatic carbocycles. The minimum atomic E-state index is 0.109. The van der Waals surface area contributed by atoms with Crippen LogP contribution in [-0.4, -0.2) is 16.0 Å². The molecule has 3 rings (SSSR count). The average molecular weight is 286 g/mol. The maximum Gasteiger partial charge on any atom is 0.245 e. The number of hydrogen-bond donors (Lipinski definition) is 2. The Labute approximate surface area is 122 Å². The molecule has 110 valence electrons. The van der Waals surface area contributed by atoms with E-state index in [4.69, 9.17) is 4.52 Å². The quantitative estimate of drug-likeness (QED) is 0.883. The lowest BCUT2D eigenvalue weighted by Crippen LogP contribution is -2.13. The molecule has 0 saturated heterocycles. The molecule has 1 heterocycles. The summed E-state index contributed by atoms with van der Waals surface area (Å²) in [6.45, 7) is 4.25. The van der Waals surface area contributed by atoms with Gasteiger partial charge in [-0.2, -0.15) is 4.98 Å². The summed E-state index contributed by atoms with van der Waals surface area (Å²) >= 11 is 0. The van der Waals surface area contributed by atoms with E-state index in [1.54, 1.807) is 6.92 Å². The smallest absolute Gasteiger partial charge is 0.245 e. The fourth-order valence-corrected chi connectivity index (χ4v) is 2.06. The third-order valence-corrected chi connectivity index (χ3v) is 3.45. The van der Waals surface area contributed by atoms with Gasteiger partial charge in [0.2, 0.25) is 11.8 Å². The fraction of sp³-hybridized carbons (Fsp3) is 0.400. The number of nitrogens with zero attached hydrogens (tertiary/aromatic N) is 2. The summed E-state index contributed by atoms with van der Waals surface area (Å²) < 4.78 is 5.07. The zero-order chi connectivity index (χ0) is 14.8. The second kappa shape index (κ2) is 5.55. The van der Waals surface area contributed by atoms with Crippen LogP contribution in [-0.2, 0) is 11.3 Å². The van der Waals surface area contributed by atoms with Crippen molar-refractivity contribution in [2.45, 2.75) is 33.2 Å². The number of hydrogen-bond acceptors (Lipinski definition) is 5. The van der Waals surface area contributed by atoms with E-state index in [2.05, 4.69) is 20.8 Å². The largest absolute Gasteiger partial charge is 0.376 e. The second-order valence-corrected chi connectivity index (χ2v) is 5.38. The lowest BCUT2D eigenvalue weighted by molar-refractivity contribution is -0.117. The Kier molecular flexibility index (Phi) is 3.60. The summed E-state index contributed by atoms with van der Waals surface area (Å²) in [6.07, 6.45) is 2.00. The first-order valence-electron chi connectivity index (χ1n) is 7.06. The van der Waals surface area contributed by atoms with Crippen LogP contribution >= 0.6 is 0 Å². The molecule has 6 nitrogen and oxygen atoms in total. The van der Waals surface area contributed by atoms with Gasteiger partial charge in [0.1, 0.15) is 0 Å². The molecule has 0 atom stereocenters. The number of carbonyl (C=O) groups is 1. The summed E-state index contributed by atoms with van der Waals surface area (Å²) in [6, 6.07) is 5.82. The average Bonchev–Trinajstić information content (AvgIpc) is 3.23. The molecule has 2 N–H and O–H groups in total. The molecule has 1 aromatic carbocycles. The van der Waals surface area contributed by atoms with Crippen LogP contribution in [0.5, 0.6) is 0 Å². The van der Waals surface area contributed by atoms with Gasteiger partial charge in [0.15, 0.2) is 5.82 Å². The van der Waals surface area contributed by atoms with Crippen LogP contribution in [0.4, 0.5) is 11.4 Å². The summed E-state index contributed by atoms with van der Waals surface area (Å²) in [7, 11) is 0. The Morgan fingerprint density at radius 3 is 2.86 bits per heavy atom. The van der Waals surface area contributed by atoms with Crippen LogP contribution in [0.15, 0.2) is 22.7 Å². The van der Waals surface area contributed by atoms with Gasteiger partial charge in [-0.05, 0) is 44.4 Å². The van der Waals surface area contributed by atoms with Gasteiger partial charge in [0, 0.05) is 17.3 Å². The molecule has 0 radical (unpaired) electrons. The SMILES string of the molecule is Cc1noc(CNc2cc(NC(=O)C3CC3)ccc2C)n1. The van der Waals surface area contributed by atoms with E-state index in [1.807, 2.05) is 25.1 Å². The molecule has 1 fully saturated rings. The van der Waals surface area contributed by atoms with Crippen LogP contribution in [0.25, 0.3) is 0 Å². The number of aryl methyl sites for hydroxylation is 2. The predicted octanol–water partition coefficient (Wildman–Crippen LogP) is 2.65. The van der Waals surface area contributed by atoms with Crippen molar-refractivity contribution in [3.8, 4) is 0 Å². The lowest BCUT2D eigenvalue weighted by atomic mass is 10.1. The lowest BCUT2D eigenvalue weighted by Gasteiger charge is -2.11. The van der Waals surface area contributed by atoms with E-state index < -0.39 is 0 Å². The minimum Gasteiger partial charge on any atom is -0.376 e. The maximum atomic E-state index is 11.8. The van der Waals surface area contributed by atoms with Crippen molar-refractivity contribution >= 4 is 17.3 Å². The zero-order valence-corrected chi connectivity index (χ0v) is 12.1. The van der Waals surface area contributed by atoms with Crippen LogP contribution in [0.3, 0.4) is 0 Å². The van der Waals surface area contributed by atoms with Gasteiger partial charge in [-0.15, -0.1) is 0 Å². The molecular weight excluding hydrogens is 268 g/mol. The number of amides is 1. The Hall–Kier alpha value is -2.37. The molecule has 6 heteroatoms. The van der Waals surface area contributed by atoms with E-state index in [1.165, 1.54) is 0 Å². The summed E-state index contributed by atoms with van der Waals surface area (Å²) in [5, 5.41) is 9.95. The monoisotopic (exact) mass is 286 g/mol. The van der Waals surface area contributed by atoms with E-state index in [0.717, 1.165) is 29.8 Å². The number of nitrogens with one attached hydrogen (secondary N) is 2. The standard InChI is InChI=1S/C15H18N4O2/c1-9-3-6-12(18-15(20)11-4-5-11)7-13(9)16-8-14-17-10(2)19-21-14/h3,6-7,11,16H,4-5,8H2,1-2H3,(H,18,20). The van der Waals surface area contributed by atoms with Gasteiger partial charge in [-0.3, -0.25) is 4.79 Å². The normalized spacial score (nSPS) is 14.0. The van der Waals surface area contributed by atoms with Crippen molar-refractivity contribution in [2.75, 3.05) is 10.6 Å².